The van der Waals surface area contributed by atoms with E-state index in [1.807, 2.05) is 25.3 Å². The highest BCUT2D eigenvalue weighted by molar-refractivity contribution is 5.55. The molecule has 1 saturated carbocycles. The molecule has 2 heterocycles. The lowest BCUT2D eigenvalue weighted by molar-refractivity contribution is -0.0384. The first-order valence-electron chi connectivity index (χ1n) is 9.17. The topological polar surface area (TPSA) is 77.0 Å². The first kappa shape index (κ1) is 17.0. The average Bonchev–Trinajstić information content (AvgIpc) is 3.28. The summed E-state index contributed by atoms with van der Waals surface area (Å²) in [6.45, 7) is 4.94. The Morgan fingerprint density at radius 1 is 1.31 bits per heavy atom. The standard InChI is InChI=1S/C20H24N4O2/c1-14-6-8-20(25,9-7-14)19-22-18(23-26-19)17-5-3-4-16(12-17)13-24-11-10-21-15(24)2/h3-5,10-12,14,25H,6-9,13H2,1-2H3. The molecule has 0 amide bonds. The third-order valence-electron chi connectivity index (χ3n) is 5.39. The number of imidazole rings is 1. The van der Waals surface area contributed by atoms with E-state index in [1.54, 1.807) is 6.20 Å². The normalized spacial score (nSPS) is 23.3. The molecule has 1 aromatic carbocycles. The van der Waals surface area contributed by atoms with E-state index in [0.717, 1.165) is 36.3 Å². The zero-order chi connectivity index (χ0) is 18.1. The molecule has 2 aromatic heterocycles. The van der Waals surface area contributed by atoms with E-state index in [9.17, 15) is 5.11 Å². The van der Waals surface area contributed by atoms with E-state index < -0.39 is 5.60 Å². The van der Waals surface area contributed by atoms with E-state index >= 15 is 0 Å². The van der Waals surface area contributed by atoms with Gasteiger partial charge in [0.05, 0.1) is 0 Å². The maximum atomic E-state index is 10.9. The highest BCUT2D eigenvalue weighted by atomic mass is 16.5. The Kier molecular flexibility index (Phi) is 4.36. The molecule has 3 aromatic rings. The molecule has 1 aliphatic rings. The first-order chi connectivity index (χ1) is 12.5. The van der Waals surface area contributed by atoms with Crippen LogP contribution in [0.4, 0.5) is 0 Å². The van der Waals surface area contributed by atoms with Crippen LogP contribution in [0.2, 0.25) is 0 Å². The van der Waals surface area contributed by atoms with E-state index in [1.165, 1.54) is 0 Å². The predicted molar refractivity (Wildman–Crippen MR) is 97.3 cm³/mol. The largest absolute Gasteiger partial charge is 0.380 e. The van der Waals surface area contributed by atoms with Crippen LogP contribution < -0.4 is 0 Å². The molecule has 0 saturated heterocycles. The molecule has 1 aliphatic carbocycles. The van der Waals surface area contributed by atoms with Crippen LogP contribution in [-0.4, -0.2) is 24.8 Å². The third-order valence-corrected chi connectivity index (χ3v) is 5.39. The fraction of sp³-hybridized carbons (Fsp3) is 0.450. The molecule has 26 heavy (non-hydrogen) atoms. The second kappa shape index (κ2) is 6.68. The zero-order valence-electron chi connectivity index (χ0n) is 15.2. The first-order valence-corrected chi connectivity index (χ1v) is 9.17. The van der Waals surface area contributed by atoms with Crippen molar-refractivity contribution in [3.63, 3.8) is 0 Å². The SMILES string of the molecule is Cc1nccn1Cc1cccc(-c2noc(C3(O)CCC(C)CC3)n2)c1. The number of benzene rings is 1. The Hall–Kier alpha value is -2.47. The maximum Gasteiger partial charge on any atom is 0.258 e. The fourth-order valence-electron chi connectivity index (χ4n) is 3.56. The van der Waals surface area contributed by atoms with Gasteiger partial charge in [0.15, 0.2) is 0 Å². The lowest BCUT2D eigenvalue weighted by Crippen LogP contribution is -2.31. The summed E-state index contributed by atoms with van der Waals surface area (Å²) in [5.41, 5.74) is 1.05. The van der Waals surface area contributed by atoms with Gasteiger partial charge in [-0.3, -0.25) is 0 Å². The Morgan fingerprint density at radius 3 is 2.85 bits per heavy atom. The van der Waals surface area contributed by atoms with E-state index in [-0.39, 0.29) is 0 Å². The van der Waals surface area contributed by atoms with E-state index in [4.69, 9.17) is 4.52 Å². The molecule has 0 radical (unpaired) electrons. The molecule has 0 bridgehead atoms. The van der Waals surface area contributed by atoms with Gasteiger partial charge in [-0.05, 0) is 50.2 Å². The lowest BCUT2D eigenvalue weighted by atomic mass is 9.79. The minimum atomic E-state index is -0.983. The van der Waals surface area contributed by atoms with Crippen LogP contribution in [-0.2, 0) is 12.1 Å². The molecule has 0 atom stereocenters. The summed E-state index contributed by atoms with van der Waals surface area (Å²) in [6.07, 6.45) is 7.08. The van der Waals surface area contributed by atoms with Gasteiger partial charge in [-0.1, -0.05) is 30.3 Å². The molecular weight excluding hydrogens is 328 g/mol. The summed E-state index contributed by atoms with van der Waals surface area (Å²) in [6, 6.07) is 8.08. The molecule has 0 aliphatic heterocycles. The van der Waals surface area contributed by atoms with Crippen LogP contribution in [0.5, 0.6) is 0 Å². The van der Waals surface area contributed by atoms with Crippen LogP contribution in [0.25, 0.3) is 11.4 Å². The van der Waals surface area contributed by atoms with Crippen LogP contribution in [0.15, 0.2) is 41.2 Å². The Morgan fingerprint density at radius 2 is 2.12 bits per heavy atom. The Labute approximate surface area is 152 Å². The van der Waals surface area contributed by atoms with Crippen LogP contribution in [0.1, 0.15) is 49.9 Å². The quantitative estimate of drug-likeness (QED) is 0.775. The smallest absolute Gasteiger partial charge is 0.258 e. The summed E-state index contributed by atoms with van der Waals surface area (Å²) in [7, 11) is 0. The minimum absolute atomic E-state index is 0.343. The molecular formula is C20H24N4O2. The number of hydrogen-bond acceptors (Lipinski definition) is 5. The molecule has 1 fully saturated rings. The van der Waals surface area contributed by atoms with Crippen molar-refractivity contribution < 1.29 is 9.63 Å². The van der Waals surface area contributed by atoms with Crippen molar-refractivity contribution in [1.82, 2.24) is 19.7 Å². The highest BCUT2D eigenvalue weighted by Gasteiger charge is 2.38. The summed E-state index contributed by atoms with van der Waals surface area (Å²) < 4.78 is 7.53. The number of rotatable bonds is 4. The van der Waals surface area contributed by atoms with E-state index in [2.05, 4.69) is 38.7 Å². The summed E-state index contributed by atoms with van der Waals surface area (Å²) in [5, 5.41) is 15.0. The van der Waals surface area contributed by atoms with Crippen LogP contribution >= 0.6 is 0 Å². The van der Waals surface area contributed by atoms with Gasteiger partial charge >= 0.3 is 0 Å². The van der Waals surface area contributed by atoms with Gasteiger partial charge in [0.25, 0.3) is 5.89 Å². The second-order valence-corrected chi connectivity index (χ2v) is 7.44. The van der Waals surface area contributed by atoms with Crippen molar-refractivity contribution in [2.75, 3.05) is 0 Å². The Balaban J connectivity index is 1.56. The Bertz CT molecular complexity index is 891. The van der Waals surface area contributed by atoms with Gasteiger partial charge in [0.1, 0.15) is 11.4 Å². The number of nitrogens with zero attached hydrogens (tertiary/aromatic N) is 4. The van der Waals surface area contributed by atoms with Gasteiger partial charge in [-0.25, -0.2) is 4.98 Å². The number of aryl methyl sites for hydroxylation is 1. The van der Waals surface area contributed by atoms with Crippen molar-refractivity contribution in [1.29, 1.82) is 0 Å². The molecule has 6 heteroatoms. The van der Waals surface area contributed by atoms with E-state index in [0.29, 0.717) is 30.5 Å². The lowest BCUT2D eigenvalue weighted by Gasteiger charge is -2.31. The number of aliphatic hydroxyl groups is 1. The molecule has 0 unspecified atom stereocenters. The molecule has 0 spiro atoms. The maximum absolute atomic E-state index is 10.9. The monoisotopic (exact) mass is 352 g/mol. The molecule has 6 nitrogen and oxygen atoms in total. The van der Waals surface area contributed by atoms with Crippen molar-refractivity contribution in [3.05, 3.63) is 53.9 Å². The van der Waals surface area contributed by atoms with Gasteiger partial charge in [0, 0.05) is 24.5 Å². The third kappa shape index (κ3) is 3.29. The summed E-state index contributed by atoms with van der Waals surface area (Å²) in [4.78, 5) is 8.77. The molecule has 136 valence electrons. The second-order valence-electron chi connectivity index (χ2n) is 7.44. The van der Waals surface area contributed by atoms with Crippen molar-refractivity contribution >= 4 is 0 Å². The summed E-state index contributed by atoms with van der Waals surface area (Å²) in [5.74, 6) is 2.48. The average molecular weight is 352 g/mol. The molecule has 1 N–H and O–H groups in total. The van der Waals surface area contributed by atoms with Gasteiger partial charge in [0.2, 0.25) is 5.82 Å². The van der Waals surface area contributed by atoms with Gasteiger partial charge in [-0.2, -0.15) is 4.98 Å². The van der Waals surface area contributed by atoms with Crippen molar-refractivity contribution in [2.45, 2.75) is 51.7 Å². The number of aromatic nitrogens is 4. The van der Waals surface area contributed by atoms with Crippen LogP contribution in [0.3, 0.4) is 0 Å². The molecule has 4 rings (SSSR count). The van der Waals surface area contributed by atoms with Gasteiger partial charge in [-0.15, -0.1) is 0 Å². The number of hydrogen-bond donors (Lipinski definition) is 1. The zero-order valence-corrected chi connectivity index (χ0v) is 15.2. The van der Waals surface area contributed by atoms with Gasteiger partial charge < -0.3 is 14.2 Å². The van der Waals surface area contributed by atoms with Crippen LogP contribution in [0, 0.1) is 12.8 Å². The van der Waals surface area contributed by atoms with Crippen molar-refractivity contribution in [3.8, 4) is 11.4 Å². The highest BCUT2D eigenvalue weighted by Crippen LogP contribution is 2.39. The minimum Gasteiger partial charge on any atom is -0.380 e. The van der Waals surface area contributed by atoms with Crippen molar-refractivity contribution in [2.24, 2.45) is 5.92 Å². The predicted octanol–water partition coefficient (Wildman–Crippen LogP) is 3.69. The fourth-order valence-corrected chi connectivity index (χ4v) is 3.56. The summed E-state index contributed by atoms with van der Waals surface area (Å²) >= 11 is 0.